The molecule has 4 aromatic rings. The Kier molecular flexibility index (Phi) is 8.05. The molecule has 4 rings (SSSR count). The van der Waals surface area contributed by atoms with Crippen LogP contribution < -0.4 is 26.8 Å². The van der Waals surface area contributed by atoms with Gasteiger partial charge >= 0.3 is 11.9 Å². The number of carboxylic acids is 2. The number of fused-ring (bicyclic) bond motifs is 1. The van der Waals surface area contributed by atoms with Gasteiger partial charge in [-0.25, -0.2) is 9.78 Å². The Morgan fingerprint density at radius 1 is 0.897 bits per heavy atom. The molecule has 0 saturated heterocycles. The van der Waals surface area contributed by atoms with E-state index in [9.17, 15) is 19.5 Å². The SMILES string of the molecule is Nc1nc(N)c2cc(Oc3ccc(CNc4ccc(C(=O)NC(CCC(=O)O)C(=O)O)cc4)cc3)ccc2n1. The van der Waals surface area contributed by atoms with E-state index in [2.05, 4.69) is 20.6 Å². The van der Waals surface area contributed by atoms with Crippen molar-refractivity contribution in [3.63, 3.8) is 0 Å². The van der Waals surface area contributed by atoms with Crippen molar-refractivity contribution in [3.8, 4) is 11.5 Å². The highest BCUT2D eigenvalue weighted by Crippen LogP contribution is 2.28. The molecule has 1 heterocycles. The molecule has 0 aliphatic heterocycles. The summed E-state index contributed by atoms with van der Waals surface area (Å²) in [5.41, 5.74) is 14.2. The highest BCUT2D eigenvalue weighted by atomic mass is 16.5. The number of nitrogen functional groups attached to an aromatic ring is 2. The molecule has 12 nitrogen and oxygen atoms in total. The van der Waals surface area contributed by atoms with Crippen LogP contribution in [0.25, 0.3) is 10.9 Å². The minimum absolute atomic E-state index is 0.109. The molecule has 0 radical (unpaired) electrons. The van der Waals surface area contributed by atoms with Crippen molar-refractivity contribution in [2.24, 2.45) is 0 Å². The molecule has 12 heteroatoms. The second kappa shape index (κ2) is 11.8. The lowest BCUT2D eigenvalue weighted by Gasteiger charge is -2.14. The quantitative estimate of drug-likeness (QED) is 0.166. The lowest BCUT2D eigenvalue weighted by atomic mass is 10.1. The smallest absolute Gasteiger partial charge is 0.326 e. The second-order valence-electron chi connectivity index (χ2n) is 8.62. The van der Waals surface area contributed by atoms with Crippen molar-refractivity contribution >= 4 is 46.2 Å². The van der Waals surface area contributed by atoms with Crippen LogP contribution >= 0.6 is 0 Å². The first-order valence-corrected chi connectivity index (χ1v) is 11.9. The van der Waals surface area contributed by atoms with Crippen LogP contribution in [0, 0.1) is 0 Å². The maximum Gasteiger partial charge on any atom is 0.326 e. The van der Waals surface area contributed by atoms with Gasteiger partial charge < -0.3 is 37.1 Å². The lowest BCUT2D eigenvalue weighted by Crippen LogP contribution is -2.41. The molecule has 0 saturated carbocycles. The third kappa shape index (κ3) is 7.10. The number of aromatic nitrogens is 2. The van der Waals surface area contributed by atoms with E-state index < -0.39 is 23.9 Å². The van der Waals surface area contributed by atoms with E-state index in [1.54, 1.807) is 42.5 Å². The van der Waals surface area contributed by atoms with Crippen LogP contribution in [-0.4, -0.2) is 44.1 Å². The number of nitrogens with two attached hydrogens (primary N) is 2. The van der Waals surface area contributed by atoms with E-state index in [4.69, 9.17) is 21.3 Å². The maximum absolute atomic E-state index is 12.4. The van der Waals surface area contributed by atoms with Crippen LogP contribution in [-0.2, 0) is 16.1 Å². The van der Waals surface area contributed by atoms with Crippen molar-refractivity contribution in [3.05, 3.63) is 77.9 Å². The van der Waals surface area contributed by atoms with Crippen LogP contribution in [0.2, 0.25) is 0 Å². The summed E-state index contributed by atoms with van der Waals surface area (Å²) in [4.78, 5) is 42.5. The lowest BCUT2D eigenvalue weighted by molar-refractivity contribution is -0.140. The van der Waals surface area contributed by atoms with E-state index in [1.165, 1.54) is 0 Å². The van der Waals surface area contributed by atoms with Gasteiger partial charge in [0.05, 0.1) is 5.52 Å². The van der Waals surface area contributed by atoms with Gasteiger partial charge in [-0.15, -0.1) is 0 Å². The Hall–Kier alpha value is -5.39. The number of amides is 1. The van der Waals surface area contributed by atoms with Gasteiger partial charge in [0, 0.05) is 29.6 Å². The van der Waals surface area contributed by atoms with E-state index in [-0.39, 0.29) is 30.2 Å². The zero-order chi connectivity index (χ0) is 27.9. The summed E-state index contributed by atoms with van der Waals surface area (Å²) >= 11 is 0. The molecule has 0 fully saturated rings. The third-order valence-electron chi connectivity index (χ3n) is 5.77. The molecular weight excluding hydrogens is 504 g/mol. The van der Waals surface area contributed by atoms with Crippen LogP contribution in [0.5, 0.6) is 11.5 Å². The fourth-order valence-corrected chi connectivity index (χ4v) is 3.74. The molecule has 0 bridgehead atoms. The summed E-state index contributed by atoms with van der Waals surface area (Å²) in [6.45, 7) is 0.507. The summed E-state index contributed by atoms with van der Waals surface area (Å²) in [5.74, 6) is -1.43. The summed E-state index contributed by atoms with van der Waals surface area (Å²) in [6.07, 6.45) is -0.571. The molecule has 0 aliphatic rings. The Bertz CT molecular complexity index is 1510. The van der Waals surface area contributed by atoms with Gasteiger partial charge in [-0.05, 0) is 66.6 Å². The Balaban J connectivity index is 1.31. The number of benzene rings is 3. The molecule has 8 N–H and O–H groups in total. The Labute approximate surface area is 222 Å². The normalized spacial score (nSPS) is 11.5. The first kappa shape index (κ1) is 26.7. The number of carbonyl (C=O) groups excluding carboxylic acids is 1. The van der Waals surface area contributed by atoms with Gasteiger partial charge in [0.2, 0.25) is 5.95 Å². The predicted octanol–water partition coefficient (Wildman–Crippen LogP) is 3.25. The van der Waals surface area contributed by atoms with Crippen LogP contribution in [0.15, 0.2) is 66.7 Å². The van der Waals surface area contributed by atoms with Gasteiger partial charge in [0.25, 0.3) is 5.91 Å². The standard InChI is InChI=1S/C27H26N6O6/c28-24-20-13-19(9-10-21(20)32-27(29)33-24)39-18-7-1-15(2-8-18)14-30-17-5-3-16(4-6-17)25(36)31-22(26(37)38)11-12-23(34)35/h1-10,13,22,30H,11-12,14H2,(H,31,36)(H,34,35)(H,37,38)(H4,28,29,32,33). The number of rotatable bonds is 11. The number of carboxylic acid groups (broad SMARTS) is 2. The van der Waals surface area contributed by atoms with Crippen molar-refractivity contribution in [2.75, 3.05) is 16.8 Å². The number of hydrogen-bond acceptors (Lipinski definition) is 9. The fourth-order valence-electron chi connectivity index (χ4n) is 3.74. The van der Waals surface area contributed by atoms with E-state index in [0.717, 1.165) is 11.3 Å². The van der Waals surface area contributed by atoms with Gasteiger partial charge in [-0.3, -0.25) is 9.59 Å². The summed E-state index contributed by atoms with van der Waals surface area (Å²) in [5, 5.41) is 24.2. The van der Waals surface area contributed by atoms with Crippen molar-refractivity contribution < 1.29 is 29.3 Å². The van der Waals surface area contributed by atoms with Gasteiger partial charge in [-0.1, -0.05) is 12.1 Å². The molecule has 1 aromatic heterocycles. The summed E-state index contributed by atoms with van der Waals surface area (Å²) in [6, 6.07) is 18.0. The Morgan fingerprint density at radius 2 is 1.59 bits per heavy atom. The highest BCUT2D eigenvalue weighted by Gasteiger charge is 2.21. The second-order valence-corrected chi connectivity index (χ2v) is 8.62. The molecule has 0 aliphatic carbocycles. The van der Waals surface area contributed by atoms with E-state index in [0.29, 0.717) is 28.9 Å². The number of carbonyl (C=O) groups is 3. The largest absolute Gasteiger partial charge is 0.481 e. The summed E-state index contributed by atoms with van der Waals surface area (Å²) < 4.78 is 5.93. The van der Waals surface area contributed by atoms with Crippen molar-refractivity contribution in [2.45, 2.75) is 25.4 Å². The monoisotopic (exact) mass is 530 g/mol. The Morgan fingerprint density at radius 3 is 2.26 bits per heavy atom. The first-order valence-electron chi connectivity index (χ1n) is 11.9. The first-order chi connectivity index (χ1) is 18.7. The fraction of sp³-hybridized carbons (Fsp3) is 0.148. The van der Waals surface area contributed by atoms with Gasteiger partial charge in [0.1, 0.15) is 23.4 Å². The topological polar surface area (TPSA) is 203 Å². The molecule has 1 unspecified atom stereocenters. The third-order valence-corrected chi connectivity index (χ3v) is 5.77. The van der Waals surface area contributed by atoms with Crippen LogP contribution in [0.3, 0.4) is 0 Å². The molecule has 0 spiro atoms. The van der Waals surface area contributed by atoms with Crippen molar-refractivity contribution in [1.82, 2.24) is 15.3 Å². The number of hydrogen-bond donors (Lipinski definition) is 6. The van der Waals surface area contributed by atoms with E-state index >= 15 is 0 Å². The van der Waals surface area contributed by atoms with E-state index in [1.807, 2.05) is 24.3 Å². The number of nitrogens with one attached hydrogen (secondary N) is 2. The summed E-state index contributed by atoms with van der Waals surface area (Å²) in [7, 11) is 0. The molecule has 3 aromatic carbocycles. The minimum Gasteiger partial charge on any atom is -0.481 e. The predicted molar refractivity (Wildman–Crippen MR) is 144 cm³/mol. The van der Waals surface area contributed by atoms with Gasteiger partial charge in [0.15, 0.2) is 0 Å². The van der Waals surface area contributed by atoms with Crippen LogP contribution in [0.1, 0.15) is 28.8 Å². The maximum atomic E-state index is 12.4. The molecule has 1 amide bonds. The average Bonchev–Trinajstić information content (AvgIpc) is 2.91. The average molecular weight is 531 g/mol. The molecule has 39 heavy (non-hydrogen) atoms. The number of anilines is 3. The number of ether oxygens (including phenoxy) is 1. The molecule has 200 valence electrons. The molecule has 1 atom stereocenters. The van der Waals surface area contributed by atoms with Crippen LogP contribution in [0.4, 0.5) is 17.5 Å². The highest BCUT2D eigenvalue weighted by molar-refractivity contribution is 5.97. The van der Waals surface area contributed by atoms with Gasteiger partial charge in [-0.2, -0.15) is 4.98 Å². The zero-order valence-electron chi connectivity index (χ0n) is 20.6. The number of aliphatic carboxylic acids is 2. The minimum atomic E-state index is -1.29. The molecular formula is C27H26N6O6. The van der Waals surface area contributed by atoms with Crippen molar-refractivity contribution in [1.29, 1.82) is 0 Å². The number of nitrogens with zero attached hydrogens (tertiary/aromatic N) is 2. The zero-order valence-corrected chi connectivity index (χ0v) is 20.6.